The molecule has 6 heteroatoms. The van der Waals surface area contributed by atoms with Gasteiger partial charge in [-0.25, -0.2) is 0 Å². The molecule has 138 valence electrons. The van der Waals surface area contributed by atoms with E-state index in [1.54, 1.807) is 4.90 Å². The second-order valence-electron chi connectivity index (χ2n) is 7.12. The van der Waals surface area contributed by atoms with Gasteiger partial charge in [-0.3, -0.25) is 4.79 Å². The third kappa shape index (κ3) is 3.67. The van der Waals surface area contributed by atoms with Gasteiger partial charge in [-0.1, -0.05) is 59.2 Å². The Morgan fingerprint density at radius 1 is 1.19 bits per heavy atom. The molecule has 2 aromatic carbocycles. The molecule has 0 aliphatic carbocycles. The van der Waals surface area contributed by atoms with Gasteiger partial charge in [0.2, 0.25) is 17.6 Å². The van der Waals surface area contributed by atoms with Crippen molar-refractivity contribution in [3.63, 3.8) is 0 Å². The SMILES string of the molecule is CC(C)c1ccc(N2CC(c3nc(-c4cccc(Br)c4)no3)CC2=O)cc1. The van der Waals surface area contributed by atoms with E-state index >= 15 is 0 Å². The minimum absolute atomic E-state index is 0.0829. The van der Waals surface area contributed by atoms with Gasteiger partial charge in [0.15, 0.2) is 0 Å². The summed E-state index contributed by atoms with van der Waals surface area (Å²) in [6, 6.07) is 15.9. The summed E-state index contributed by atoms with van der Waals surface area (Å²) in [7, 11) is 0. The van der Waals surface area contributed by atoms with Crippen molar-refractivity contribution in [2.24, 2.45) is 0 Å². The first-order chi connectivity index (χ1) is 13.0. The number of carbonyl (C=O) groups excluding carboxylic acids is 1. The van der Waals surface area contributed by atoms with Gasteiger partial charge < -0.3 is 9.42 Å². The monoisotopic (exact) mass is 425 g/mol. The molecule has 0 N–H and O–H groups in total. The summed E-state index contributed by atoms with van der Waals surface area (Å²) in [6.45, 7) is 4.87. The average molecular weight is 426 g/mol. The van der Waals surface area contributed by atoms with Gasteiger partial charge in [0.25, 0.3) is 0 Å². The molecule has 3 aromatic rings. The Labute approximate surface area is 166 Å². The largest absolute Gasteiger partial charge is 0.339 e. The lowest BCUT2D eigenvalue weighted by Crippen LogP contribution is -2.24. The summed E-state index contributed by atoms with van der Waals surface area (Å²) in [5, 5.41) is 4.09. The van der Waals surface area contributed by atoms with Crippen LogP contribution in [0.25, 0.3) is 11.4 Å². The highest BCUT2D eigenvalue weighted by molar-refractivity contribution is 9.10. The highest BCUT2D eigenvalue weighted by atomic mass is 79.9. The second-order valence-corrected chi connectivity index (χ2v) is 8.03. The Morgan fingerprint density at radius 3 is 2.67 bits per heavy atom. The molecule has 0 saturated carbocycles. The maximum Gasteiger partial charge on any atom is 0.232 e. The van der Waals surface area contributed by atoms with Crippen LogP contribution in [0.15, 0.2) is 57.5 Å². The smallest absolute Gasteiger partial charge is 0.232 e. The number of aromatic nitrogens is 2. The summed E-state index contributed by atoms with van der Waals surface area (Å²) < 4.78 is 6.43. The summed E-state index contributed by atoms with van der Waals surface area (Å²) in [4.78, 5) is 18.9. The van der Waals surface area contributed by atoms with Crippen molar-refractivity contribution in [3.8, 4) is 11.4 Å². The van der Waals surface area contributed by atoms with Crippen molar-refractivity contribution in [2.75, 3.05) is 11.4 Å². The lowest BCUT2D eigenvalue weighted by molar-refractivity contribution is -0.117. The number of hydrogen-bond donors (Lipinski definition) is 0. The fourth-order valence-electron chi connectivity index (χ4n) is 3.31. The van der Waals surface area contributed by atoms with E-state index in [0.29, 0.717) is 30.6 Å². The second kappa shape index (κ2) is 7.27. The molecule has 0 spiro atoms. The number of amides is 1. The van der Waals surface area contributed by atoms with Crippen LogP contribution in [0.5, 0.6) is 0 Å². The van der Waals surface area contributed by atoms with E-state index in [0.717, 1.165) is 15.7 Å². The standard InChI is InChI=1S/C21H20BrN3O2/c1-13(2)14-6-8-18(9-7-14)25-12-16(11-19(25)26)21-23-20(24-27-21)15-4-3-5-17(22)10-15/h3-10,13,16H,11-12H2,1-2H3. The van der Waals surface area contributed by atoms with E-state index in [-0.39, 0.29) is 11.8 Å². The van der Waals surface area contributed by atoms with Crippen LogP contribution in [0.2, 0.25) is 0 Å². The Morgan fingerprint density at radius 2 is 1.96 bits per heavy atom. The third-order valence-corrected chi connectivity index (χ3v) is 5.36. The maximum atomic E-state index is 12.5. The van der Waals surface area contributed by atoms with Crippen LogP contribution < -0.4 is 4.90 Å². The van der Waals surface area contributed by atoms with E-state index in [2.05, 4.69) is 52.1 Å². The molecule has 0 radical (unpaired) electrons. The highest BCUT2D eigenvalue weighted by Crippen LogP contribution is 2.32. The van der Waals surface area contributed by atoms with Crippen molar-refractivity contribution in [1.29, 1.82) is 0 Å². The average Bonchev–Trinajstić information content (AvgIpc) is 3.29. The van der Waals surface area contributed by atoms with Crippen molar-refractivity contribution in [1.82, 2.24) is 10.1 Å². The first kappa shape index (κ1) is 17.9. The quantitative estimate of drug-likeness (QED) is 0.580. The van der Waals surface area contributed by atoms with Gasteiger partial charge in [-0.2, -0.15) is 4.98 Å². The lowest BCUT2D eigenvalue weighted by Gasteiger charge is -2.17. The summed E-state index contributed by atoms with van der Waals surface area (Å²) in [5.41, 5.74) is 3.06. The fraction of sp³-hybridized carbons (Fsp3) is 0.286. The predicted octanol–water partition coefficient (Wildman–Crippen LogP) is 5.14. The van der Waals surface area contributed by atoms with E-state index in [1.165, 1.54) is 5.56 Å². The van der Waals surface area contributed by atoms with Gasteiger partial charge in [-0.05, 0) is 35.7 Å². The Balaban J connectivity index is 1.52. The molecule has 0 bridgehead atoms. The number of carbonyl (C=O) groups is 1. The number of benzene rings is 2. The molecule has 1 amide bonds. The molecular weight excluding hydrogens is 406 g/mol. The van der Waals surface area contributed by atoms with Crippen molar-refractivity contribution >= 4 is 27.5 Å². The van der Waals surface area contributed by atoms with Gasteiger partial charge in [-0.15, -0.1) is 0 Å². The first-order valence-corrected chi connectivity index (χ1v) is 9.80. The zero-order chi connectivity index (χ0) is 19.0. The number of hydrogen-bond acceptors (Lipinski definition) is 4. The van der Waals surface area contributed by atoms with Gasteiger partial charge in [0.05, 0.1) is 5.92 Å². The molecular formula is C21H20BrN3O2. The maximum absolute atomic E-state index is 12.5. The molecule has 1 aromatic heterocycles. The number of anilines is 1. The molecule has 2 heterocycles. The third-order valence-electron chi connectivity index (χ3n) is 4.87. The number of nitrogens with zero attached hydrogens (tertiary/aromatic N) is 3. The molecule has 1 unspecified atom stereocenters. The first-order valence-electron chi connectivity index (χ1n) is 9.01. The van der Waals surface area contributed by atoms with Crippen LogP contribution in [0.4, 0.5) is 5.69 Å². The molecule has 4 rings (SSSR count). The van der Waals surface area contributed by atoms with Gasteiger partial charge in [0, 0.05) is 28.7 Å². The minimum Gasteiger partial charge on any atom is -0.339 e. The van der Waals surface area contributed by atoms with Crippen LogP contribution in [-0.4, -0.2) is 22.6 Å². The van der Waals surface area contributed by atoms with Crippen LogP contribution in [0.1, 0.15) is 43.6 Å². The fourth-order valence-corrected chi connectivity index (χ4v) is 3.71. The van der Waals surface area contributed by atoms with Crippen molar-refractivity contribution < 1.29 is 9.32 Å². The molecule has 27 heavy (non-hydrogen) atoms. The summed E-state index contributed by atoms with van der Waals surface area (Å²) >= 11 is 3.45. The molecule has 1 aliphatic heterocycles. The van der Waals surface area contributed by atoms with E-state index in [4.69, 9.17) is 4.52 Å². The Hall–Kier alpha value is -2.47. The lowest BCUT2D eigenvalue weighted by atomic mass is 10.0. The van der Waals surface area contributed by atoms with Crippen LogP contribution in [-0.2, 0) is 4.79 Å². The Bertz CT molecular complexity index is 966. The van der Waals surface area contributed by atoms with Crippen LogP contribution in [0, 0.1) is 0 Å². The van der Waals surface area contributed by atoms with Crippen LogP contribution in [0.3, 0.4) is 0 Å². The van der Waals surface area contributed by atoms with Gasteiger partial charge in [0.1, 0.15) is 0 Å². The summed E-state index contributed by atoms with van der Waals surface area (Å²) in [5.74, 6) is 1.52. The van der Waals surface area contributed by atoms with Crippen molar-refractivity contribution in [2.45, 2.75) is 32.1 Å². The highest BCUT2D eigenvalue weighted by Gasteiger charge is 2.35. The topological polar surface area (TPSA) is 59.2 Å². The molecule has 1 saturated heterocycles. The molecule has 1 atom stereocenters. The van der Waals surface area contributed by atoms with Gasteiger partial charge >= 0.3 is 0 Å². The van der Waals surface area contributed by atoms with E-state index in [1.807, 2.05) is 36.4 Å². The van der Waals surface area contributed by atoms with E-state index < -0.39 is 0 Å². The number of halogens is 1. The normalized spacial score (nSPS) is 17.1. The molecule has 1 fully saturated rings. The van der Waals surface area contributed by atoms with E-state index in [9.17, 15) is 4.79 Å². The molecule has 5 nitrogen and oxygen atoms in total. The predicted molar refractivity (Wildman–Crippen MR) is 108 cm³/mol. The zero-order valence-corrected chi connectivity index (χ0v) is 16.8. The van der Waals surface area contributed by atoms with Crippen molar-refractivity contribution in [3.05, 3.63) is 64.5 Å². The minimum atomic E-state index is -0.0873. The van der Waals surface area contributed by atoms with Crippen LogP contribution >= 0.6 is 15.9 Å². The zero-order valence-electron chi connectivity index (χ0n) is 15.2. The Kier molecular flexibility index (Phi) is 4.83. The summed E-state index contributed by atoms with van der Waals surface area (Å²) in [6.07, 6.45) is 0.381. The molecule has 1 aliphatic rings. The number of rotatable bonds is 4.